The molecular weight excluding hydrogens is 310 g/mol. The van der Waals surface area contributed by atoms with Crippen LogP contribution < -0.4 is 10.1 Å². The summed E-state index contributed by atoms with van der Waals surface area (Å²) >= 11 is 1.41. The molecular formula is C17H17N3O2S. The Morgan fingerprint density at radius 2 is 2.22 bits per heavy atom. The quantitative estimate of drug-likeness (QED) is 0.784. The van der Waals surface area contributed by atoms with E-state index in [2.05, 4.69) is 10.3 Å². The number of ether oxygens (including phenoxy) is 1. The first-order valence-corrected chi connectivity index (χ1v) is 8.02. The monoisotopic (exact) mass is 327 g/mol. The highest BCUT2D eigenvalue weighted by molar-refractivity contribution is 7.12. The van der Waals surface area contributed by atoms with Gasteiger partial charge in [-0.1, -0.05) is 18.2 Å². The van der Waals surface area contributed by atoms with E-state index in [1.165, 1.54) is 11.3 Å². The van der Waals surface area contributed by atoms with Gasteiger partial charge in [-0.3, -0.25) is 4.79 Å². The van der Waals surface area contributed by atoms with Crippen LogP contribution in [0.15, 0.2) is 54.2 Å². The number of rotatable bonds is 5. The Labute approximate surface area is 138 Å². The summed E-state index contributed by atoms with van der Waals surface area (Å²) in [6, 6.07) is 11.0. The summed E-state index contributed by atoms with van der Waals surface area (Å²) in [5, 5.41) is 4.95. The van der Waals surface area contributed by atoms with Crippen LogP contribution in [0.3, 0.4) is 0 Å². The number of carbonyl (C=O) groups excluding carboxylic acids is 1. The summed E-state index contributed by atoms with van der Waals surface area (Å²) < 4.78 is 7.19. The van der Waals surface area contributed by atoms with Crippen LogP contribution in [0.5, 0.6) is 5.75 Å². The molecule has 0 aliphatic rings. The lowest BCUT2D eigenvalue weighted by molar-refractivity contribution is 0.0945. The van der Waals surface area contributed by atoms with E-state index in [9.17, 15) is 4.79 Å². The molecule has 1 unspecified atom stereocenters. The largest absolute Gasteiger partial charge is 0.497 e. The van der Waals surface area contributed by atoms with E-state index in [1.807, 2.05) is 53.5 Å². The number of hydrogen-bond donors (Lipinski definition) is 1. The minimum Gasteiger partial charge on any atom is -0.497 e. The van der Waals surface area contributed by atoms with E-state index in [0.717, 1.165) is 17.1 Å². The molecule has 0 fully saturated rings. The van der Waals surface area contributed by atoms with E-state index in [-0.39, 0.29) is 11.9 Å². The van der Waals surface area contributed by atoms with Gasteiger partial charge >= 0.3 is 0 Å². The molecule has 2 aromatic heterocycles. The number of aromatic nitrogens is 2. The summed E-state index contributed by atoms with van der Waals surface area (Å²) in [6.07, 6.45) is 3.58. The number of carbonyl (C=O) groups is 1. The normalized spacial score (nSPS) is 11.9. The summed E-state index contributed by atoms with van der Waals surface area (Å²) in [7, 11) is 3.53. The summed E-state index contributed by atoms with van der Waals surface area (Å²) in [5.74, 6) is 1.39. The van der Waals surface area contributed by atoms with Gasteiger partial charge in [0.2, 0.25) is 0 Å². The van der Waals surface area contributed by atoms with Gasteiger partial charge < -0.3 is 14.6 Å². The fourth-order valence-corrected chi connectivity index (χ4v) is 3.01. The molecule has 0 saturated heterocycles. The van der Waals surface area contributed by atoms with Crippen molar-refractivity contribution in [1.29, 1.82) is 0 Å². The number of hydrogen-bond acceptors (Lipinski definition) is 4. The second kappa shape index (κ2) is 6.66. The fraction of sp³-hybridized carbons (Fsp3) is 0.176. The number of thiophene rings is 1. The highest BCUT2D eigenvalue weighted by Crippen LogP contribution is 2.25. The molecule has 1 atom stereocenters. The van der Waals surface area contributed by atoms with Crippen LogP contribution in [0.2, 0.25) is 0 Å². The van der Waals surface area contributed by atoms with Crippen molar-refractivity contribution in [1.82, 2.24) is 14.9 Å². The molecule has 0 spiro atoms. The van der Waals surface area contributed by atoms with Gasteiger partial charge in [0.25, 0.3) is 5.91 Å². The Morgan fingerprint density at radius 1 is 1.35 bits per heavy atom. The third-order valence-electron chi connectivity index (χ3n) is 3.56. The van der Waals surface area contributed by atoms with Gasteiger partial charge in [-0.05, 0) is 29.1 Å². The van der Waals surface area contributed by atoms with Crippen LogP contribution in [-0.4, -0.2) is 22.6 Å². The predicted molar refractivity (Wildman–Crippen MR) is 89.8 cm³/mol. The van der Waals surface area contributed by atoms with Crippen molar-refractivity contribution in [2.75, 3.05) is 7.11 Å². The molecule has 1 aromatic carbocycles. The molecule has 1 N–H and O–H groups in total. The second-order valence-corrected chi connectivity index (χ2v) is 6.00. The molecule has 3 rings (SSSR count). The van der Waals surface area contributed by atoms with E-state index in [1.54, 1.807) is 19.4 Å². The molecule has 3 aromatic rings. The standard InChI is InChI=1S/C17H17N3O2S/c1-20-9-8-18-16(20)15(12-5-3-6-13(11-12)22-2)19-17(21)14-7-4-10-23-14/h3-11,15H,1-2H3,(H,19,21). The van der Waals surface area contributed by atoms with Crippen LogP contribution in [0.25, 0.3) is 0 Å². The van der Waals surface area contributed by atoms with E-state index in [4.69, 9.17) is 4.74 Å². The molecule has 0 aliphatic carbocycles. The van der Waals surface area contributed by atoms with Gasteiger partial charge in [0.05, 0.1) is 12.0 Å². The molecule has 118 valence electrons. The SMILES string of the molecule is COc1cccc(C(NC(=O)c2cccs2)c2nccn2C)c1. The predicted octanol–water partition coefficient (Wildman–Crippen LogP) is 3.01. The van der Waals surface area contributed by atoms with E-state index in [0.29, 0.717) is 4.88 Å². The molecule has 0 radical (unpaired) electrons. The first-order valence-electron chi connectivity index (χ1n) is 7.14. The first kappa shape index (κ1) is 15.3. The highest BCUT2D eigenvalue weighted by Gasteiger charge is 2.22. The van der Waals surface area contributed by atoms with Crippen molar-refractivity contribution < 1.29 is 9.53 Å². The zero-order chi connectivity index (χ0) is 16.2. The third kappa shape index (κ3) is 3.27. The van der Waals surface area contributed by atoms with Crippen LogP contribution in [0.1, 0.15) is 27.1 Å². The number of benzene rings is 1. The Balaban J connectivity index is 1.97. The van der Waals surface area contributed by atoms with E-state index < -0.39 is 0 Å². The number of imidazole rings is 1. The minimum atomic E-state index is -0.348. The third-order valence-corrected chi connectivity index (χ3v) is 4.43. The molecule has 1 amide bonds. The summed E-state index contributed by atoms with van der Waals surface area (Å²) in [4.78, 5) is 17.5. The van der Waals surface area contributed by atoms with E-state index >= 15 is 0 Å². The lowest BCUT2D eigenvalue weighted by Gasteiger charge is -2.19. The molecule has 23 heavy (non-hydrogen) atoms. The van der Waals surface area contributed by atoms with Crippen molar-refractivity contribution in [3.8, 4) is 5.75 Å². The summed E-state index contributed by atoms with van der Waals surface area (Å²) in [6.45, 7) is 0. The first-order chi connectivity index (χ1) is 11.2. The Morgan fingerprint density at radius 3 is 2.87 bits per heavy atom. The lowest BCUT2D eigenvalue weighted by Crippen LogP contribution is -2.30. The Kier molecular flexibility index (Phi) is 4.43. The summed E-state index contributed by atoms with van der Waals surface area (Å²) in [5.41, 5.74) is 0.920. The Bertz CT molecular complexity index is 796. The number of nitrogens with zero attached hydrogens (tertiary/aromatic N) is 2. The van der Waals surface area contributed by atoms with Crippen LogP contribution in [0.4, 0.5) is 0 Å². The molecule has 5 nitrogen and oxygen atoms in total. The molecule has 0 bridgehead atoms. The average Bonchev–Trinajstić information content (AvgIpc) is 3.24. The van der Waals surface area contributed by atoms with Gasteiger partial charge in [0, 0.05) is 19.4 Å². The average molecular weight is 327 g/mol. The maximum atomic E-state index is 12.5. The minimum absolute atomic E-state index is 0.115. The van der Waals surface area contributed by atoms with Gasteiger partial charge in [-0.15, -0.1) is 11.3 Å². The van der Waals surface area contributed by atoms with Gasteiger partial charge in [-0.2, -0.15) is 0 Å². The van der Waals surface area contributed by atoms with Gasteiger partial charge in [0.1, 0.15) is 17.6 Å². The Hall–Kier alpha value is -2.60. The number of nitrogens with one attached hydrogen (secondary N) is 1. The maximum Gasteiger partial charge on any atom is 0.262 e. The zero-order valence-corrected chi connectivity index (χ0v) is 13.7. The van der Waals surface area contributed by atoms with Gasteiger partial charge in [-0.25, -0.2) is 4.98 Å². The van der Waals surface area contributed by atoms with Crippen molar-refractivity contribution in [2.45, 2.75) is 6.04 Å². The lowest BCUT2D eigenvalue weighted by atomic mass is 10.1. The molecule has 2 heterocycles. The van der Waals surface area contributed by atoms with Crippen LogP contribution in [-0.2, 0) is 7.05 Å². The number of methoxy groups -OCH3 is 1. The smallest absolute Gasteiger partial charge is 0.262 e. The highest BCUT2D eigenvalue weighted by atomic mass is 32.1. The zero-order valence-electron chi connectivity index (χ0n) is 12.9. The molecule has 6 heteroatoms. The maximum absolute atomic E-state index is 12.5. The molecule has 0 aliphatic heterocycles. The fourth-order valence-electron chi connectivity index (χ4n) is 2.38. The second-order valence-electron chi connectivity index (χ2n) is 5.06. The van der Waals surface area contributed by atoms with Crippen molar-refractivity contribution in [3.05, 3.63) is 70.4 Å². The topological polar surface area (TPSA) is 56.1 Å². The van der Waals surface area contributed by atoms with Crippen LogP contribution in [0, 0.1) is 0 Å². The molecule has 0 saturated carbocycles. The van der Waals surface area contributed by atoms with Crippen LogP contribution >= 0.6 is 11.3 Å². The van der Waals surface area contributed by atoms with Crippen molar-refractivity contribution in [2.24, 2.45) is 7.05 Å². The van der Waals surface area contributed by atoms with Gasteiger partial charge in [0.15, 0.2) is 0 Å². The van der Waals surface area contributed by atoms with Crippen molar-refractivity contribution in [3.63, 3.8) is 0 Å². The number of amides is 1. The van der Waals surface area contributed by atoms with Crippen molar-refractivity contribution >= 4 is 17.2 Å². The number of aryl methyl sites for hydroxylation is 1.